The monoisotopic (exact) mass is 711 g/mol. The Kier molecular flexibility index (Phi) is 10.5. The third kappa shape index (κ3) is 7.41. The van der Waals surface area contributed by atoms with Crippen molar-refractivity contribution in [1.82, 2.24) is 0 Å². The summed E-state index contributed by atoms with van der Waals surface area (Å²) < 4.78 is 33.2. The van der Waals surface area contributed by atoms with Crippen molar-refractivity contribution in [2.75, 3.05) is 6.61 Å². The van der Waals surface area contributed by atoms with E-state index in [2.05, 4.69) is 0 Å². The molecule has 20 nitrogen and oxygen atoms in total. The van der Waals surface area contributed by atoms with Gasteiger partial charge in [-0.25, -0.2) is 9.21 Å². The summed E-state index contributed by atoms with van der Waals surface area (Å²) in [7, 11) is 0. The van der Waals surface area contributed by atoms with E-state index in [0.29, 0.717) is 0 Å². The fraction of sp³-hybridized carbons (Fsp3) is 0.400. The van der Waals surface area contributed by atoms with Gasteiger partial charge >= 0.3 is 29.3 Å². The molecule has 5 rings (SSSR count). The maximum Gasteiger partial charge on any atom is 0.402 e. The zero-order valence-electron chi connectivity index (χ0n) is 25.2. The Balaban J connectivity index is 1.57. The maximum absolute atomic E-state index is 11.9. The summed E-state index contributed by atoms with van der Waals surface area (Å²) in [6.45, 7) is -0.855. The highest BCUT2D eigenvalue weighted by atomic mass is 16.8. The highest BCUT2D eigenvalue weighted by molar-refractivity contribution is 5.90. The number of phenolic OH excluding ortho intramolecular Hbond substituents is 4. The second-order valence-electron chi connectivity index (χ2n) is 11.3. The van der Waals surface area contributed by atoms with E-state index in [1.54, 1.807) is 0 Å². The molecule has 20 heteroatoms. The van der Waals surface area contributed by atoms with Gasteiger partial charge in [-0.2, -0.15) is 0 Å². The number of benzene rings is 2. The van der Waals surface area contributed by atoms with Gasteiger partial charge in [-0.1, -0.05) is 0 Å². The predicted octanol–water partition coefficient (Wildman–Crippen LogP) is -1.68. The first-order chi connectivity index (χ1) is 23.5. The van der Waals surface area contributed by atoms with Crippen LogP contribution in [-0.4, -0.2) is 142 Å². The number of hydrogen-bond donors (Lipinski definition) is 11. The van der Waals surface area contributed by atoms with Crippen LogP contribution >= 0.6 is 0 Å². The quantitative estimate of drug-likeness (QED) is 0.0484. The maximum atomic E-state index is 11.9. The number of aromatic hydroxyl groups is 4. The number of aliphatic hydroxyl groups is 5. The van der Waals surface area contributed by atoms with Gasteiger partial charge in [0, 0.05) is 18.2 Å². The number of ether oxygens (including phenoxy) is 5. The third-order valence-corrected chi connectivity index (χ3v) is 7.75. The predicted molar refractivity (Wildman–Crippen MR) is 156 cm³/mol. The first kappa shape index (κ1) is 36.2. The zero-order chi connectivity index (χ0) is 36.6. The molecule has 270 valence electrons. The van der Waals surface area contributed by atoms with Gasteiger partial charge in [0.15, 0.2) is 30.0 Å². The number of carboxylic acids is 2. The van der Waals surface area contributed by atoms with E-state index in [1.807, 2.05) is 0 Å². The topological polar surface area (TPSA) is 331 Å². The summed E-state index contributed by atoms with van der Waals surface area (Å²) in [5.41, 5.74) is -0.111. The van der Waals surface area contributed by atoms with E-state index in [0.717, 1.165) is 30.3 Å². The van der Waals surface area contributed by atoms with Crippen molar-refractivity contribution in [2.24, 2.45) is 0 Å². The van der Waals surface area contributed by atoms with Crippen molar-refractivity contribution in [3.05, 3.63) is 36.4 Å². The lowest BCUT2D eigenvalue weighted by molar-refractivity contribution is -0.353. The highest BCUT2D eigenvalue weighted by Crippen LogP contribution is 2.42. The van der Waals surface area contributed by atoms with Gasteiger partial charge < -0.3 is 79.9 Å². The lowest BCUT2D eigenvalue weighted by Crippen LogP contribution is -2.65. The van der Waals surface area contributed by atoms with Crippen molar-refractivity contribution in [2.45, 2.75) is 67.8 Å². The van der Waals surface area contributed by atoms with E-state index < -0.39 is 115 Å². The number of hydrogen-bond acceptors (Lipinski definition) is 17. The number of carbonyl (C=O) groups is 3. The lowest BCUT2D eigenvalue weighted by Gasteiger charge is -2.45. The second-order valence-corrected chi connectivity index (χ2v) is 11.3. The standard InChI is InChI=1S/C30H30O20/c31-10-4-13(33)11-6-16(25(46-15(11)5-10)9-1-2-12(32)14(34)3-9)47-30-27(50-29-24(42)21(39)23(41)26(49-29)28(43)44)22(40)20(38)17(48-30)8-45-19(37)7-18(35)36/h1-6,17,20-24,26-27,29-30,38-42H,7-8H2,(H5-,31,32,33,34,35,36,43,44)/p+1/t17-,20-,21+,22+,23+,24-,26+,27-,29+,30-/m1/s1. The zero-order valence-corrected chi connectivity index (χ0v) is 25.2. The van der Waals surface area contributed by atoms with Crippen LogP contribution in [0.3, 0.4) is 0 Å². The number of aliphatic hydroxyl groups excluding tert-OH is 5. The van der Waals surface area contributed by atoms with Crippen LogP contribution in [0.1, 0.15) is 6.42 Å². The molecule has 0 bridgehead atoms. The minimum atomic E-state index is -2.14. The first-order valence-corrected chi connectivity index (χ1v) is 14.5. The molecule has 11 N–H and O–H groups in total. The van der Waals surface area contributed by atoms with Gasteiger partial charge in [-0.3, -0.25) is 9.59 Å². The number of carboxylic acid groups (broad SMARTS) is 2. The second kappa shape index (κ2) is 14.4. The normalized spacial score (nSPS) is 29.7. The molecule has 3 heterocycles. The number of phenols is 4. The molecule has 2 aliphatic rings. The van der Waals surface area contributed by atoms with E-state index in [-0.39, 0.29) is 28.0 Å². The number of carbonyl (C=O) groups excluding carboxylic acids is 1. The smallest absolute Gasteiger partial charge is 0.402 e. The van der Waals surface area contributed by atoms with Gasteiger partial charge in [0.1, 0.15) is 66.5 Å². The van der Waals surface area contributed by atoms with Gasteiger partial charge in [0.2, 0.25) is 12.0 Å². The van der Waals surface area contributed by atoms with Gasteiger partial charge in [0.05, 0.1) is 11.6 Å². The molecule has 2 aliphatic heterocycles. The fourth-order valence-electron chi connectivity index (χ4n) is 5.21. The average Bonchev–Trinajstić information content (AvgIpc) is 3.04. The Morgan fingerprint density at radius 3 is 2.14 bits per heavy atom. The summed E-state index contributed by atoms with van der Waals surface area (Å²) in [5, 5.41) is 112. The molecule has 0 amide bonds. The molecule has 0 radical (unpaired) electrons. The Labute approximate surface area is 278 Å². The van der Waals surface area contributed by atoms with Crippen molar-refractivity contribution in [3.8, 4) is 40.1 Å². The molecule has 3 aromatic rings. The average molecular weight is 712 g/mol. The molecule has 2 fully saturated rings. The minimum Gasteiger partial charge on any atom is -0.507 e. The van der Waals surface area contributed by atoms with Crippen LogP contribution in [0.5, 0.6) is 28.7 Å². The van der Waals surface area contributed by atoms with Crippen LogP contribution in [0.4, 0.5) is 0 Å². The van der Waals surface area contributed by atoms with Crippen LogP contribution in [0, 0.1) is 0 Å². The van der Waals surface area contributed by atoms with Gasteiger partial charge in [-0.05, 0) is 12.1 Å². The lowest BCUT2D eigenvalue weighted by atomic mass is 9.97. The molecule has 10 atom stereocenters. The molecule has 0 unspecified atom stereocenters. The van der Waals surface area contributed by atoms with Crippen LogP contribution < -0.4 is 4.74 Å². The SMILES string of the molecule is O=C(O)CC(=O)OC[C@H]1O[C@@H](Oc2cc3c(O)cc(O)cc3[o+]c2-c2ccc(O)c(O)c2)[C@H](O[C@@H]2O[C@H](C(=O)O)[C@@H](O)[C@H](O)[C@H]2O)[C@@H](O)[C@@H]1O. The van der Waals surface area contributed by atoms with Crippen LogP contribution in [0.2, 0.25) is 0 Å². The summed E-state index contributed by atoms with van der Waals surface area (Å²) in [6.07, 6.45) is -21.5. The van der Waals surface area contributed by atoms with E-state index in [1.165, 1.54) is 6.07 Å². The van der Waals surface area contributed by atoms with Crippen molar-refractivity contribution < 1.29 is 98.7 Å². The number of esters is 1. The number of rotatable bonds is 10. The molecule has 0 aliphatic carbocycles. The van der Waals surface area contributed by atoms with Crippen LogP contribution in [0.15, 0.2) is 40.8 Å². The first-order valence-electron chi connectivity index (χ1n) is 14.5. The van der Waals surface area contributed by atoms with E-state index >= 15 is 0 Å². The Hall–Kier alpha value is -5.06. The van der Waals surface area contributed by atoms with Crippen molar-refractivity contribution >= 4 is 28.9 Å². The van der Waals surface area contributed by atoms with Crippen molar-refractivity contribution in [3.63, 3.8) is 0 Å². The molecule has 0 spiro atoms. The molecule has 2 aromatic carbocycles. The van der Waals surface area contributed by atoms with Crippen LogP contribution in [0.25, 0.3) is 22.3 Å². The number of aliphatic carboxylic acids is 2. The summed E-state index contributed by atoms with van der Waals surface area (Å²) in [6, 6.07) is 6.61. The van der Waals surface area contributed by atoms with Crippen molar-refractivity contribution in [1.29, 1.82) is 0 Å². The van der Waals surface area contributed by atoms with Crippen LogP contribution in [-0.2, 0) is 33.3 Å². The summed E-state index contributed by atoms with van der Waals surface area (Å²) in [4.78, 5) is 34.5. The highest BCUT2D eigenvalue weighted by Gasteiger charge is 2.53. The minimum absolute atomic E-state index is 0.0143. The Bertz CT molecular complexity index is 1760. The molecular weight excluding hydrogens is 680 g/mol. The molecule has 2 saturated heterocycles. The van der Waals surface area contributed by atoms with E-state index in [9.17, 15) is 65.4 Å². The third-order valence-electron chi connectivity index (χ3n) is 7.75. The Morgan fingerprint density at radius 2 is 1.48 bits per heavy atom. The summed E-state index contributed by atoms with van der Waals surface area (Å²) >= 11 is 0. The molecule has 0 saturated carbocycles. The summed E-state index contributed by atoms with van der Waals surface area (Å²) in [5.74, 6) is -7.26. The molecule has 1 aromatic heterocycles. The van der Waals surface area contributed by atoms with E-state index in [4.69, 9.17) is 33.2 Å². The molecular formula is C30H31O20+. The van der Waals surface area contributed by atoms with Gasteiger partial charge in [-0.15, -0.1) is 0 Å². The largest absolute Gasteiger partial charge is 0.507 e. The van der Waals surface area contributed by atoms with Gasteiger partial charge in [0.25, 0.3) is 0 Å². The Morgan fingerprint density at radius 1 is 0.760 bits per heavy atom. The molecule has 50 heavy (non-hydrogen) atoms. The fourth-order valence-corrected chi connectivity index (χ4v) is 5.21. The number of fused-ring (bicyclic) bond motifs is 1.